The zero-order chi connectivity index (χ0) is 22.3. The third-order valence-corrected chi connectivity index (χ3v) is 5.56. The van der Waals surface area contributed by atoms with Gasteiger partial charge in [-0.25, -0.2) is 4.79 Å². The second-order valence-electron chi connectivity index (χ2n) is 7.99. The summed E-state index contributed by atoms with van der Waals surface area (Å²) in [5.74, 6) is -0.666. The second kappa shape index (κ2) is 8.00. The first-order valence-corrected chi connectivity index (χ1v) is 10.0. The molecule has 0 spiro atoms. The molecule has 2 heterocycles. The van der Waals surface area contributed by atoms with Crippen LogP contribution < -0.4 is 5.43 Å². The highest BCUT2D eigenvalue weighted by Crippen LogP contribution is 2.38. The van der Waals surface area contributed by atoms with Crippen LogP contribution in [0.5, 0.6) is 0 Å². The Morgan fingerprint density at radius 2 is 1.84 bits per heavy atom. The minimum atomic E-state index is -0.588. The Morgan fingerprint density at radius 3 is 2.48 bits per heavy atom. The molecule has 31 heavy (non-hydrogen) atoms. The van der Waals surface area contributed by atoms with E-state index in [1.165, 1.54) is 7.11 Å². The molecule has 7 nitrogen and oxygen atoms in total. The highest BCUT2D eigenvalue weighted by molar-refractivity contribution is 5.99. The molecule has 1 aromatic heterocycles. The van der Waals surface area contributed by atoms with Gasteiger partial charge in [0.25, 0.3) is 5.91 Å². The third-order valence-electron chi connectivity index (χ3n) is 5.56. The molecular formula is C24H24N2O5. The zero-order valence-corrected chi connectivity index (χ0v) is 18.0. The van der Waals surface area contributed by atoms with Crippen LogP contribution in [0.15, 0.2) is 51.7 Å². The number of benzene rings is 2. The number of methoxy groups -OCH3 is 1. The number of likely N-dealkylation sites (N-methyl/N-ethyl adjacent to an activating group) is 1. The van der Waals surface area contributed by atoms with Crippen molar-refractivity contribution in [3.8, 4) is 0 Å². The van der Waals surface area contributed by atoms with Crippen molar-refractivity contribution < 1.29 is 18.7 Å². The van der Waals surface area contributed by atoms with Crippen molar-refractivity contribution >= 4 is 22.8 Å². The van der Waals surface area contributed by atoms with Gasteiger partial charge in [0.2, 0.25) is 5.76 Å². The van der Waals surface area contributed by atoms with Crippen LogP contribution in [0.4, 0.5) is 0 Å². The van der Waals surface area contributed by atoms with E-state index < -0.39 is 12.0 Å². The second-order valence-corrected chi connectivity index (χ2v) is 7.99. The maximum Gasteiger partial charge on any atom is 0.337 e. The fraction of sp³-hybridized carbons (Fsp3) is 0.292. The molecule has 160 valence electrons. The number of hydrogen-bond donors (Lipinski definition) is 0. The largest absolute Gasteiger partial charge is 0.465 e. The number of rotatable bonds is 5. The molecule has 0 fully saturated rings. The van der Waals surface area contributed by atoms with Crippen molar-refractivity contribution in [2.75, 3.05) is 34.3 Å². The highest BCUT2D eigenvalue weighted by Gasteiger charge is 2.42. The van der Waals surface area contributed by atoms with E-state index in [9.17, 15) is 14.4 Å². The molecule has 0 saturated carbocycles. The Morgan fingerprint density at radius 1 is 1.13 bits per heavy atom. The van der Waals surface area contributed by atoms with Gasteiger partial charge in [-0.15, -0.1) is 0 Å². The van der Waals surface area contributed by atoms with Crippen LogP contribution in [0.25, 0.3) is 11.0 Å². The lowest BCUT2D eigenvalue weighted by molar-refractivity contribution is 0.0599. The number of hydrogen-bond acceptors (Lipinski definition) is 6. The predicted molar refractivity (Wildman–Crippen MR) is 116 cm³/mol. The fourth-order valence-electron chi connectivity index (χ4n) is 3.94. The van der Waals surface area contributed by atoms with Crippen LogP contribution in [0.2, 0.25) is 0 Å². The van der Waals surface area contributed by atoms with E-state index in [2.05, 4.69) is 0 Å². The summed E-state index contributed by atoms with van der Waals surface area (Å²) in [6, 6.07) is 11.6. The minimum Gasteiger partial charge on any atom is -0.465 e. The molecule has 4 rings (SSSR count). The first kappa shape index (κ1) is 20.8. The van der Waals surface area contributed by atoms with E-state index in [1.807, 2.05) is 32.0 Å². The summed E-state index contributed by atoms with van der Waals surface area (Å²) in [7, 11) is 5.17. The topological polar surface area (TPSA) is 80.1 Å². The number of nitrogens with zero attached hydrogens (tertiary/aromatic N) is 2. The van der Waals surface area contributed by atoms with Crippen LogP contribution >= 0.6 is 0 Å². The molecule has 1 unspecified atom stereocenters. The first-order chi connectivity index (χ1) is 14.8. The number of carbonyl (C=O) groups is 2. The van der Waals surface area contributed by atoms with Gasteiger partial charge in [-0.05, 0) is 50.8 Å². The minimum absolute atomic E-state index is 0.0853. The summed E-state index contributed by atoms with van der Waals surface area (Å²) in [6.07, 6.45) is 0. The molecule has 1 amide bonds. The standard InChI is InChI=1S/C24H24N2O5/c1-14-5-10-18-17(13-14)21(27)19-20(15-6-8-16(9-7-15)24(29)30-4)26(12-11-25(2)3)23(28)22(19)31-18/h5-10,13,20H,11-12H2,1-4H3. The SMILES string of the molecule is COC(=O)c1ccc(C2c3c(oc4ccc(C)cc4c3=O)C(=O)N2CCN(C)C)cc1. The summed E-state index contributed by atoms with van der Waals surface area (Å²) in [5, 5.41) is 0.456. The molecule has 0 radical (unpaired) electrons. The first-order valence-electron chi connectivity index (χ1n) is 10.0. The molecule has 0 saturated heterocycles. The number of aryl methyl sites for hydroxylation is 1. The molecule has 2 aromatic carbocycles. The summed E-state index contributed by atoms with van der Waals surface area (Å²) >= 11 is 0. The third kappa shape index (κ3) is 3.61. The number of ether oxygens (including phenoxy) is 1. The molecule has 3 aromatic rings. The Bertz CT molecular complexity index is 1230. The van der Waals surface area contributed by atoms with E-state index >= 15 is 0 Å². The van der Waals surface area contributed by atoms with Gasteiger partial charge < -0.3 is 19.0 Å². The average Bonchev–Trinajstić information content (AvgIpc) is 3.04. The van der Waals surface area contributed by atoms with Crippen molar-refractivity contribution in [2.24, 2.45) is 0 Å². The van der Waals surface area contributed by atoms with E-state index in [0.717, 1.165) is 11.1 Å². The number of fused-ring (bicyclic) bond motifs is 2. The molecular weight excluding hydrogens is 396 g/mol. The van der Waals surface area contributed by atoms with Gasteiger partial charge in [-0.3, -0.25) is 9.59 Å². The summed E-state index contributed by atoms with van der Waals surface area (Å²) in [6.45, 7) is 2.96. The van der Waals surface area contributed by atoms with Crippen molar-refractivity contribution in [3.63, 3.8) is 0 Å². The zero-order valence-electron chi connectivity index (χ0n) is 18.0. The van der Waals surface area contributed by atoms with Crippen molar-refractivity contribution in [1.82, 2.24) is 9.80 Å². The maximum absolute atomic E-state index is 13.5. The van der Waals surface area contributed by atoms with E-state index in [1.54, 1.807) is 41.3 Å². The van der Waals surface area contributed by atoms with Gasteiger partial charge in [-0.2, -0.15) is 0 Å². The van der Waals surface area contributed by atoms with Crippen LogP contribution in [-0.2, 0) is 4.74 Å². The normalized spacial score (nSPS) is 15.6. The Kier molecular flexibility index (Phi) is 5.37. The Balaban J connectivity index is 1.89. The van der Waals surface area contributed by atoms with E-state index in [4.69, 9.17) is 9.15 Å². The lowest BCUT2D eigenvalue weighted by Crippen LogP contribution is -2.35. The van der Waals surface area contributed by atoms with Crippen molar-refractivity contribution in [3.05, 3.63) is 80.7 Å². The van der Waals surface area contributed by atoms with Gasteiger partial charge in [0, 0.05) is 13.1 Å². The molecule has 7 heteroatoms. The lowest BCUT2D eigenvalue weighted by atomic mass is 9.97. The van der Waals surface area contributed by atoms with Gasteiger partial charge in [-0.1, -0.05) is 23.8 Å². The highest BCUT2D eigenvalue weighted by atomic mass is 16.5. The van der Waals surface area contributed by atoms with Crippen LogP contribution in [0, 0.1) is 6.92 Å². The summed E-state index contributed by atoms with van der Waals surface area (Å²) in [5.41, 5.74) is 2.61. The maximum atomic E-state index is 13.5. The van der Waals surface area contributed by atoms with Gasteiger partial charge >= 0.3 is 5.97 Å². The molecule has 0 bridgehead atoms. The van der Waals surface area contributed by atoms with Crippen LogP contribution in [0.3, 0.4) is 0 Å². The Hall–Kier alpha value is -3.45. The molecule has 0 aliphatic carbocycles. The predicted octanol–water partition coefficient (Wildman–Crippen LogP) is 2.99. The monoisotopic (exact) mass is 420 g/mol. The quantitative estimate of drug-likeness (QED) is 0.591. The van der Waals surface area contributed by atoms with Gasteiger partial charge in [0.05, 0.1) is 29.7 Å². The summed E-state index contributed by atoms with van der Waals surface area (Å²) in [4.78, 5) is 42.2. The Labute approximate surface area is 179 Å². The van der Waals surface area contributed by atoms with Crippen molar-refractivity contribution in [1.29, 1.82) is 0 Å². The smallest absolute Gasteiger partial charge is 0.337 e. The summed E-state index contributed by atoms with van der Waals surface area (Å²) < 4.78 is 10.7. The number of esters is 1. The fourth-order valence-corrected chi connectivity index (χ4v) is 3.94. The molecule has 1 aliphatic heterocycles. The van der Waals surface area contributed by atoms with E-state index in [-0.39, 0.29) is 17.1 Å². The van der Waals surface area contributed by atoms with Crippen LogP contribution in [0.1, 0.15) is 43.6 Å². The molecule has 0 N–H and O–H groups in total. The van der Waals surface area contributed by atoms with Gasteiger partial charge in [0.15, 0.2) is 5.43 Å². The average molecular weight is 420 g/mol. The van der Waals surface area contributed by atoms with Gasteiger partial charge in [0.1, 0.15) is 5.58 Å². The number of amides is 1. The lowest BCUT2D eigenvalue weighted by Gasteiger charge is -2.26. The number of carbonyl (C=O) groups excluding carboxylic acids is 2. The molecule has 1 atom stereocenters. The van der Waals surface area contributed by atoms with E-state index in [0.29, 0.717) is 35.2 Å². The van der Waals surface area contributed by atoms with Crippen LogP contribution in [-0.4, -0.2) is 56.0 Å². The van der Waals surface area contributed by atoms with Crippen molar-refractivity contribution in [2.45, 2.75) is 13.0 Å². The molecule has 1 aliphatic rings.